The van der Waals surface area contributed by atoms with Crippen molar-refractivity contribution in [3.8, 4) is 33.4 Å². The molecule has 62 heavy (non-hydrogen) atoms. The highest BCUT2D eigenvalue weighted by Gasteiger charge is 2.43. The van der Waals surface area contributed by atoms with Crippen LogP contribution >= 0.6 is 0 Å². The van der Waals surface area contributed by atoms with Crippen LogP contribution in [0.4, 0.5) is 17.1 Å². The maximum atomic E-state index is 6.96. The number of benzene rings is 9. The predicted molar refractivity (Wildman–Crippen MR) is 256 cm³/mol. The molecular formula is C59H41NO2. The molecule has 0 atom stereocenters. The Labute approximate surface area is 360 Å². The number of para-hydroxylation sites is 3. The smallest absolute Gasteiger partial charge is 0.143 e. The summed E-state index contributed by atoms with van der Waals surface area (Å²) in [5.74, 6) is 0. The molecule has 2 aliphatic rings. The molecule has 0 fully saturated rings. The minimum Gasteiger partial charge on any atom is -0.456 e. The van der Waals surface area contributed by atoms with E-state index in [1.165, 1.54) is 44.5 Å². The van der Waals surface area contributed by atoms with Crippen molar-refractivity contribution in [1.29, 1.82) is 0 Å². The molecule has 0 bridgehead atoms. The van der Waals surface area contributed by atoms with Gasteiger partial charge in [-0.25, -0.2) is 0 Å². The van der Waals surface area contributed by atoms with Crippen molar-refractivity contribution in [2.45, 2.75) is 31.6 Å². The fourth-order valence-corrected chi connectivity index (χ4v) is 11.1. The van der Waals surface area contributed by atoms with Crippen LogP contribution in [0, 0.1) is 0 Å². The van der Waals surface area contributed by atoms with Crippen LogP contribution < -0.4 is 4.90 Å². The number of furan rings is 2. The minimum atomic E-state index is -0.488. The summed E-state index contributed by atoms with van der Waals surface area (Å²) in [6.07, 6.45) is 0. The SMILES string of the molecule is CC1(C)c2ccccc2-c2ccc(N(c3ccc(-c4cccc5c4oc4ccccc45)cc3)c3cc(C4(C)c5ccccc5-c5ccccc54)c4oc5ccccc5c4c3)cc21. The maximum absolute atomic E-state index is 6.96. The first-order valence-electron chi connectivity index (χ1n) is 21.6. The topological polar surface area (TPSA) is 29.5 Å². The molecule has 0 saturated carbocycles. The molecule has 294 valence electrons. The van der Waals surface area contributed by atoms with Gasteiger partial charge in [0.25, 0.3) is 0 Å². The first kappa shape index (κ1) is 35.2. The van der Waals surface area contributed by atoms with Crippen LogP contribution in [0.15, 0.2) is 203 Å². The fourth-order valence-electron chi connectivity index (χ4n) is 11.1. The Hall–Kier alpha value is -7.62. The number of fused-ring (bicyclic) bond motifs is 12. The van der Waals surface area contributed by atoms with Crippen LogP contribution in [0.1, 0.15) is 48.6 Å². The summed E-state index contributed by atoms with van der Waals surface area (Å²) >= 11 is 0. The third-order valence-corrected chi connectivity index (χ3v) is 14.1. The first-order chi connectivity index (χ1) is 30.4. The standard InChI is InChI=1S/C59H41NO2/c1-58(2)49-22-9-4-15-41(49)44-32-31-38(34-52(44)58)60(37-29-27-36(28-30-37)40-20-14-21-47-45-18-7-12-25-54(45)61-56(40)47)39-33-48-46-19-8-13-26-55(46)62-57(48)53(35-39)59(3)50-23-10-5-16-42(50)43-17-6-11-24-51(43)59/h4-35H,1-3H3. The lowest BCUT2D eigenvalue weighted by molar-refractivity contribution is 0.638. The lowest BCUT2D eigenvalue weighted by atomic mass is 9.73. The number of hydrogen-bond acceptors (Lipinski definition) is 3. The van der Waals surface area contributed by atoms with E-state index in [-0.39, 0.29) is 5.41 Å². The van der Waals surface area contributed by atoms with Crippen LogP contribution in [0.5, 0.6) is 0 Å². The summed E-state index contributed by atoms with van der Waals surface area (Å²) in [4.78, 5) is 2.45. The number of rotatable bonds is 5. The molecule has 0 radical (unpaired) electrons. The Morgan fingerprint density at radius 2 is 0.839 bits per heavy atom. The summed E-state index contributed by atoms with van der Waals surface area (Å²) in [7, 11) is 0. The Balaban J connectivity index is 1.06. The van der Waals surface area contributed by atoms with Gasteiger partial charge in [-0.3, -0.25) is 0 Å². The molecule has 2 aromatic heterocycles. The van der Waals surface area contributed by atoms with E-state index in [9.17, 15) is 0 Å². The van der Waals surface area contributed by atoms with E-state index >= 15 is 0 Å². The van der Waals surface area contributed by atoms with Gasteiger partial charge in [-0.05, 0) is 106 Å². The van der Waals surface area contributed by atoms with Gasteiger partial charge < -0.3 is 13.7 Å². The second-order valence-electron chi connectivity index (χ2n) is 17.7. The van der Waals surface area contributed by atoms with Crippen molar-refractivity contribution in [1.82, 2.24) is 0 Å². The number of hydrogen-bond donors (Lipinski definition) is 0. The molecule has 3 nitrogen and oxygen atoms in total. The highest BCUT2D eigenvalue weighted by atomic mass is 16.3. The van der Waals surface area contributed by atoms with Gasteiger partial charge in [0.05, 0.1) is 0 Å². The monoisotopic (exact) mass is 795 g/mol. The van der Waals surface area contributed by atoms with Crippen LogP contribution in [-0.4, -0.2) is 0 Å². The zero-order chi connectivity index (χ0) is 41.3. The molecule has 13 rings (SSSR count). The van der Waals surface area contributed by atoms with Gasteiger partial charge >= 0.3 is 0 Å². The molecule has 0 N–H and O–H groups in total. The van der Waals surface area contributed by atoms with Gasteiger partial charge in [0.15, 0.2) is 0 Å². The van der Waals surface area contributed by atoms with Crippen molar-refractivity contribution in [2.24, 2.45) is 0 Å². The third-order valence-electron chi connectivity index (χ3n) is 14.1. The Morgan fingerprint density at radius 3 is 1.53 bits per heavy atom. The van der Waals surface area contributed by atoms with E-state index < -0.39 is 5.41 Å². The Kier molecular flexibility index (Phi) is 7.20. The highest BCUT2D eigenvalue weighted by Crippen LogP contribution is 2.56. The van der Waals surface area contributed by atoms with Crippen molar-refractivity contribution >= 4 is 60.9 Å². The van der Waals surface area contributed by atoms with Crippen LogP contribution in [-0.2, 0) is 10.8 Å². The second-order valence-corrected chi connectivity index (χ2v) is 17.7. The molecule has 9 aromatic carbocycles. The molecule has 2 aliphatic carbocycles. The van der Waals surface area contributed by atoms with Crippen LogP contribution in [0.3, 0.4) is 0 Å². The van der Waals surface area contributed by atoms with Crippen molar-refractivity contribution in [2.75, 3.05) is 4.90 Å². The number of nitrogens with zero attached hydrogens (tertiary/aromatic N) is 1. The van der Waals surface area contributed by atoms with Gasteiger partial charge in [0.1, 0.15) is 22.3 Å². The zero-order valence-corrected chi connectivity index (χ0v) is 34.7. The minimum absolute atomic E-state index is 0.163. The van der Waals surface area contributed by atoms with E-state index in [2.05, 4.69) is 208 Å². The predicted octanol–water partition coefficient (Wildman–Crippen LogP) is 16.3. The second kappa shape index (κ2) is 12.7. The molecule has 0 spiro atoms. The molecule has 0 aliphatic heterocycles. The summed E-state index contributed by atoms with van der Waals surface area (Å²) < 4.78 is 13.5. The van der Waals surface area contributed by atoms with Crippen LogP contribution in [0.2, 0.25) is 0 Å². The summed E-state index contributed by atoms with van der Waals surface area (Å²) in [5.41, 5.74) is 19.9. The van der Waals surface area contributed by atoms with E-state index in [1.807, 2.05) is 12.1 Å². The average molecular weight is 796 g/mol. The van der Waals surface area contributed by atoms with E-state index in [1.54, 1.807) is 0 Å². The van der Waals surface area contributed by atoms with E-state index in [4.69, 9.17) is 8.83 Å². The first-order valence-corrected chi connectivity index (χ1v) is 21.6. The molecular weight excluding hydrogens is 755 g/mol. The van der Waals surface area contributed by atoms with Crippen molar-refractivity contribution in [3.05, 3.63) is 222 Å². The molecule has 2 heterocycles. The lowest BCUT2D eigenvalue weighted by Crippen LogP contribution is -2.23. The normalized spacial score (nSPS) is 14.3. The van der Waals surface area contributed by atoms with Gasteiger partial charge in [-0.1, -0.05) is 159 Å². The molecule has 0 amide bonds. The largest absolute Gasteiger partial charge is 0.456 e. The van der Waals surface area contributed by atoms with E-state index in [0.29, 0.717) is 0 Å². The van der Waals surface area contributed by atoms with E-state index in [0.717, 1.165) is 77.6 Å². The van der Waals surface area contributed by atoms with Crippen LogP contribution in [0.25, 0.3) is 77.3 Å². The average Bonchev–Trinajstić information content (AvgIpc) is 4.03. The fraction of sp³-hybridized carbons (Fsp3) is 0.0847. The zero-order valence-electron chi connectivity index (χ0n) is 34.7. The van der Waals surface area contributed by atoms with Crippen molar-refractivity contribution in [3.63, 3.8) is 0 Å². The van der Waals surface area contributed by atoms with Gasteiger partial charge in [-0.2, -0.15) is 0 Å². The molecule has 0 unspecified atom stereocenters. The quantitative estimate of drug-likeness (QED) is 0.174. The highest BCUT2D eigenvalue weighted by molar-refractivity contribution is 6.10. The summed E-state index contributed by atoms with van der Waals surface area (Å²) in [6, 6.07) is 70.7. The van der Waals surface area contributed by atoms with Crippen molar-refractivity contribution < 1.29 is 8.83 Å². The maximum Gasteiger partial charge on any atom is 0.143 e. The molecule has 3 heteroatoms. The van der Waals surface area contributed by atoms with Gasteiger partial charge in [0.2, 0.25) is 0 Å². The summed E-state index contributed by atoms with van der Waals surface area (Å²) in [6.45, 7) is 7.10. The lowest BCUT2D eigenvalue weighted by Gasteiger charge is -2.32. The number of anilines is 3. The Morgan fingerprint density at radius 1 is 0.339 bits per heavy atom. The molecule has 0 saturated heterocycles. The Bertz CT molecular complexity index is 3590. The summed E-state index contributed by atoms with van der Waals surface area (Å²) in [5, 5.41) is 4.46. The third kappa shape index (κ3) is 4.76. The molecule has 11 aromatic rings. The van der Waals surface area contributed by atoms with Gasteiger partial charge in [-0.15, -0.1) is 0 Å². The van der Waals surface area contributed by atoms with Gasteiger partial charge in [0, 0.05) is 60.6 Å².